The van der Waals surface area contributed by atoms with Gasteiger partial charge in [-0.1, -0.05) is 25.6 Å². The largest absolute Gasteiger partial charge is 0.359 e. The van der Waals surface area contributed by atoms with Crippen LogP contribution >= 0.6 is 7.92 Å². The molecule has 0 saturated heterocycles. The summed E-state index contributed by atoms with van der Waals surface area (Å²) in [7, 11) is 3.12. The van der Waals surface area contributed by atoms with Crippen LogP contribution in [0.25, 0.3) is 0 Å². The second-order valence-corrected chi connectivity index (χ2v) is 8.49. The molecule has 0 bridgehead atoms. The third-order valence-electron chi connectivity index (χ3n) is 3.79. The van der Waals surface area contributed by atoms with Crippen molar-refractivity contribution in [3.8, 4) is 0 Å². The van der Waals surface area contributed by atoms with Gasteiger partial charge in [0.1, 0.15) is 13.6 Å². The van der Waals surface area contributed by atoms with Gasteiger partial charge in [0, 0.05) is 27.4 Å². The second kappa shape index (κ2) is 12.8. The van der Waals surface area contributed by atoms with Crippen LogP contribution in [0.15, 0.2) is 12.1 Å². The molecule has 0 atom stereocenters. The molecular weight excluding hydrogens is 323 g/mol. The van der Waals surface area contributed by atoms with Gasteiger partial charge in [-0.3, -0.25) is 0 Å². The Kier molecular flexibility index (Phi) is 11.5. The van der Waals surface area contributed by atoms with Gasteiger partial charge < -0.3 is 18.9 Å². The highest BCUT2D eigenvalue weighted by molar-refractivity contribution is 7.65. The minimum atomic E-state index is -0.193. The molecule has 1 aromatic rings. The highest BCUT2D eigenvalue weighted by Crippen LogP contribution is 2.38. The van der Waals surface area contributed by atoms with Crippen molar-refractivity contribution in [1.82, 2.24) is 0 Å². The molecule has 0 aliphatic carbocycles. The number of hydrogen-bond acceptors (Lipinski definition) is 4. The van der Waals surface area contributed by atoms with E-state index in [0.29, 0.717) is 13.6 Å². The third kappa shape index (κ3) is 8.04. The van der Waals surface area contributed by atoms with Gasteiger partial charge in [0.15, 0.2) is 0 Å². The van der Waals surface area contributed by atoms with E-state index in [1.54, 1.807) is 19.5 Å². The predicted molar refractivity (Wildman–Crippen MR) is 102 cm³/mol. The lowest BCUT2D eigenvalue weighted by Crippen LogP contribution is -2.16. The van der Waals surface area contributed by atoms with Crippen LogP contribution < -0.4 is 5.30 Å². The fourth-order valence-electron chi connectivity index (χ4n) is 3.01. The molecule has 0 radical (unpaired) electrons. The summed E-state index contributed by atoms with van der Waals surface area (Å²) in [5.74, 6) is 0. The number of hydrogen-bond donors (Lipinski definition) is 0. The van der Waals surface area contributed by atoms with E-state index in [4.69, 9.17) is 18.9 Å². The Labute approximate surface area is 148 Å². The van der Waals surface area contributed by atoms with Crippen LogP contribution in [0, 0.1) is 20.8 Å². The Bertz CT molecular complexity index is 428. The van der Waals surface area contributed by atoms with E-state index in [1.165, 1.54) is 29.0 Å². The van der Waals surface area contributed by atoms with E-state index in [2.05, 4.69) is 32.9 Å². The lowest BCUT2D eigenvalue weighted by molar-refractivity contribution is -0.0300. The average Bonchev–Trinajstić information content (AvgIpc) is 2.52. The minimum absolute atomic E-state index is 0.193. The van der Waals surface area contributed by atoms with E-state index in [9.17, 15) is 0 Å². The van der Waals surface area contributed by atoms with E-state index >= 15 is 0 Å². The number of benzene rings is 1. The zero-order chi connectivity index (χ0) is 17.8. The molecule has 0 N–H and O–H groups in total. The summed E-state index contributed by atoms with van der Waals surface area (Å²) in [5, 5.41) is 1.56. The lowest BCUT2D eigenvalue weighted by atomic mass is 10.1. The number of rotatable bonds is 13. The molecule has 0 aliphatic rings. The van der Waals surface area contributed by atoms with Crippen LogP contribution in [0.3, 0.4) is 0 Å². The van der Waals surface area contributed by atoms with Crippen molar-refractivity contribution in [3.05, 3.63) is 28.8 Å². The number of ether oxygens (including phenoxy) is 4. The monoisotopic (exact) mass is 356 g/mol. The molecule has 0 aliphatic heterocycles. The average molecular weight is 356 g/mol. The first kappa shape index (κ1) is 21.5. The van der Waals surface area contributed by atoms with E-state index in [1.807, 2.05) is 0 Å². The normalized spacial score (nSPS) is 11.4. The smallest absolute Gasteiger partial charge is 0.146 e. The van der Waals surface area contributed by atoms with E-state index in [0.717, 1.165) is 26.1 Å². The molecule has 0 heterocycles. The molecule has 1 rings (SSSR count). The standard InChI is InChI=1S/C19H33O4P/c1-16-12-17(2)19(18(3)13-16)24(10-6-8-22-14-20-4)11-7-9-23-15-21-5/h12-13H,6-11,14-15H2,1-5H3. The first-order valence-electron chi connectivity index (χ1n) is 8.56. The van der Waals surface area contributed by atoms with Gasteiger partial charge in [-0.25, -0.2) is 0 Å². The summed E-state index contributed by atoms with van der Waals surface area (Å²) in [4.78, 5) is 0. The summed E-state index contributed by atoms with van der Waals surface area (Å²) in [6, 6.07) is 4.61. The van der Waals surface area contributed by atoms with Gasteiger partial charge in [0.25, 0.3) is 0 Å². The Morgan fingerprint density at radius 3 is 1.67 bits per heavy atom. The van der Waals surface area contributed by atoms with Gasteiger partial charge in [-0.05, 0) is 62.4 Å². The summed E-state index contributed by atoms with van der Waals surface area (Å²) >= 11 is 0. The molecule has 138 valence electrons. The SMILES string of the molecule is COCOCCCP(CCCOCOC)c1c(C)cc(C)cc1C. The van der Waals surface area contributed by atoms with Crippen LogP contribution in [0.5, 0.6) is 0 Å². The van der Waals surface area contributed by atoms with E-state index in [-0.39, 0.29) is 7.92 Å². The van der Waals surface area contributed by atoms with Crippen LogP contribution in [0.2, 0.25) is 0 Å². The number of aryl methyl sites for hydroxylation is 3. The quantitative estimate of drug-likeness (QED) is 0.306. The first-order valence-corrected chi connectivity index (χ1v) is 10.3. The van der Waals surface area contributed by atoms with E-state index < -0.39 is 0 Å². The van der Waals surface area contributed by atoms with Gasteiger partial charge in [0.05, 0.1) is 0 Å². The topological polar surface area (TPSA) is 36.9 Å². The zero-order valence-electron chi connectivity index (χ0n) is 15.9. The van der Waals surface area contributed by atoms with Gasteiger partial charge in [-0.2, -0.15) is 0 Å². The molecule has 0 amide bonds. The number of methoxy groups -OCH3 is 2. The second-order valence-electron chi connectivity index (χ2n) is 6.07. The van der Waals surface area contributed by atoms with Crippen LogP contribution in [0.4, 0.5) is 0 Å². The van der Waals surface area contributed by atoms with Crippen LogP contribution in [0.1, 0.15) is 29.5 Å². The van der Waals surface area contributed by atoms with Crippen molar-refractivity contribution < 1.29 is 18.9 Å². The molecule has 0 saturated carbocycles. The summed E-state index contributed by atoms with van der Waals surface area (Å²) in [6.45, 7) is 8.94. The summed E-state index contributed by atoms with van der Waals surface area (Å²) in [6.07, 6.45) is 4.52. The minimum Gasteiger partial charge on any atom is -0.359 e. The van der Waals surface area contributed by atoms with Crippen molar-refractivity contribution in [3.63, 3.8) is 0 Å². The summed E-state index contributed by atoms with van der Waals surface area (Å²) < 4.78 is 20.8. The maximum absolute atomic E-state index is 5.45. The van der Waals surface area contributed by atoms with Crippen LogP contribution in [-0.4, -0.2) is 53.3 Å². The molecular formula is C19H33O4P. The van der Waals surface area contributed by atoms with Crippen molar-refractivity contribution >= 4 is 13.2 Å². The fourth-order valence-corrected chi connectivity index (χ4v) is 5.83. The first-order chi connectivity index (χ1) is 11.6. The Morgan fingerprint density at radius 2 is 1.25 bits per heavy atom. The van der Waals surface area contributed by atoms with Crippen molar-refractivity contribution in [1.29, 1.82) is 0 Å². The Hall–Kier alpha value is -0.510. The Morgan fingerprint density at radius 1 is 0.792 bits per heavy atom. The maximum atomic E-state index is 5.45. The van der Waals surface area contributed by atoms with Crippen LogP contribution in [-0.2, 0) is 18.9 Å². The molecule has 0 unspecified atom stereocenters. The molecule has 0 aromatic heterocycles. The van der Waals surface area contributed by atoms with Gasteiger partial charge in [-0.15, -0.1) is 0 Å². The molecule has 24 heavy (non-hydrogen) atoms. The molecule has 5 heteroatoms. The molecule has 1 aromatic carbocycles. The summed E-state index contributed by atoms with van der Waals surface area (Å²) in [5.41, 5.74) is 4.19. The van der Waals surface area contributed by atoms with Crippen molar-refractivity contribution in [2.24, 2.45) is 0 Å². The molecule has 0 fully saturated rings. The van der Waals surface area contributed by atoms with Crippen molar-refractivity contribution in [2.75, 3.05) is 53.3 Å². The Balaban J connectivity index is 2.66. The highest BCUT2D eigenvalue weighted by Gasteiger charge is 2.16. The fraction of sp³-hybridized carbons (Fsp3) is 0.684. The maximum Gasteiger partial charge on any atom is 0.146 e. The molecule has 0 spiro atoms. The van der Waals surface area contributed by atoms with Gasteiger partial charge in [0.2, 0.25) is 0 Å². The zero-order valence-corrected chi connectivity index (χ0v) is 16.8. The predicted octanol–water partition coefficient (Wildman–Crippen LogP) is 3.74. The molecule has 4 nitrogen and oxygen atoms in total. The lowest BCUT2D eigenvalue weighted by Gasteiger charge is -2.23. The van der Waals surface area contributed by atoms with Crippen molar-refractivity contribution in [2.45, 2.75) is 33.6 Å². The van der Waals surface area contributed by atoms with Gasteiger partial charge >= 0.3 is 0 Å². The highest BCUT2D eigenvalue weighted by atomic mass is 31.1. The third-order valence-corrected chi connectivity index (χ3v) is 6.84.